The zero-order chi connectivity index (χ0) is 24.4. The van der Waals surface area contributed by atoms with Crippen LogP contribution in [0.1, 0.15) is 79.6 Å². The van der Waals surface area contributed by atoms with Crippen LogP contribution in [0, 0.1) is 34.5 Å². The topological polar surface area (TPSA) is 58.9 Å². The summed E-state index contributed by atoms with van der Waals surface area (Å²) in [6.45, 7) is 16.4. The quantitative estimate of drug-likeness (QED) is 0.351. The van der Waals surface area contributed by atoms with Crippen molar-refractivity contribution in [1.29, 1.82) is 0 Å². The zero-order valence-electron chi connectivity index (χ0n) is 22.5. The highest BCUT2D eigenvalue weighted by Gasteiger charge is 2.70. The third-order valence-electron chi connectivity index (χ3n) is 11.0. The van der Waals surface area contributed by atoms with Crippen molar-refractivity contribution in [3.63, 3.8) is 0 Å². The number of aliphatic hydroxyl groups excluding tert-OH is 2. The molecule has 0 aromatic rings. The van der Waals surface area contributed by atoms with Gasteiger partial charge in [0.05, 0.1) is 18.3 Å². The maximum atomic E-state index is 11.6. The minimum atomic E-state index is -1.93. The average molecular weight is 479 g/mol. The molecule has 0 heterocycles. The van der Waals surface area contributed by atoms with E-state index in [2.05, 4.69) is 53.8 Å². The largest absolute Gasteiger partial charge is 0.411 e. The normalized spacial score (nSPS) is 43.9. The molecule has 4 fully saturated rings. The first-order valence-electron chi connectivity index (χ1n) is 13.5. The molecule has 0 aromatic heterocycles. The molecular formula is C28H50O4Si. The van der Waals surface area contributed by atoms with E-state index in [0.29, 0.717) is 30.3 Å². The van der Waals surface area contributed by atoms with Gasteiger partial charge in [0.15, 0.2) is 8.32 Å². The van der Waals surface area contributed by atoms with Crippen LogP contribution in [0.3, 0.4) is 0 Å². The first kappa shape index (κ1) is 25.9. The van der Waals surface area contributed by atoms with E-state index in [0.717, 1.165) is 19.3 Å². The van der Waals surface area contributed by atoms with E-state index in [1.165, 1.54) is 25.7 Å². The SMILES string of the molecule is CO[C@H](/C=C1\CCC[C@]2(C)[C@@H]([C@H](C)CO)CC[C@@H]12)[C@]12C[C@H]1C[C@H](O[Si](C)(C)C(C)(C)C)C2O. The Balaban J connectivity index is 1.54. The van der Waals surface area contributed by atoms with Crippen molar-refractivity contribution in [1.82, 2.24) is 0 Å². The lowest BCUT2D eigenvalue weighted by Crippen LogP contribution is -2.48. The van der Waals surface area contributed by atoms with Gasteiger partial charge in [-0.15, -0.1) is 0 Å². The number of hydrogen-bond acceptors (Lipinski definition) is 4. The molecule has 9 atom stereocenters. The van der Waals surface area contributed by atoms with Gasteiger partial charge >= 0.3 is 0 Å². The fourth-order valence-corrected chi connectivity index (χ4v) is 9.29. The lowest BCUT2D eigenvalue weighted by molar-refractivity contribution is -0.0428. The van der Waals surface area contributed by atoms with Gasteiger partial charge in [-0.2, -0.15) is 0 Å². The smallest absolute Gasteiger partial charge is 0.192 e. The summed E-state index contributed by atoms with van der Waals surface area (Å²) in [6.07, 6.45) is 10.0. The second-order valence-electron chi connectivity index (χ2n) is 13.8. The molecular weight excluding hydrogens is 428 g/mol. The standard InChI is InChI=1S/C28H50O4Si/c1-18(17-29)21-11-12-22-19(10-9-13-27(21,22)5)14-24(31-6)28-16-20(28)15-23(25(28)30)32-33(7,8)26(2,3)4/h14,18,20-25,29-30H,9-13,15-17H2,1-8H3/b19-14+/t18-,20-,21-,22+,23+,24-,25?,27-,28+/m1/s1. The second-order valence-corrected chi connectivity index (χ2v) is 18.5. The van der Waals surface area contributed by atoms with E-state index in [1.54, 1.807) is 5.57 Å². The molecule has 0 aliphatic heterocycles. The monoisotopic (exact) mass is 478 g/mol. The molecule has 4 saturated carbocycles. The van der Waals surface area contributed by atoms with Crippen molar-refractivity contribution in [2.24, 2.45) is 34.5 Å². The number of fused-ring (bicyclic) bond motifs is 2. The van der Waals surface area contributed by atoms with Crippen molar-refractivity contribution in [2.75, 3.05) is 13.7 Å². The maximum Gasteiger partial charge on any atom is 0.192 e. The number of allylic oxidation sites excluding steroid dienone is 1. The summed E-state index contributed by atoms with van der Waals surface area (Å²) < 4.78 is 12.9. The molecule has 0 radical (unpaired) electrons. The Morgan fingerprint density at radius 2 is 1.94 bits per heavy atom. The Bertz CT molecular complexity index is 757. The van der Waals surface area contributed by atoms with Gasteiger partial charge in [0, 0.05) is 19.1 Å². The first-order valence-corrected chi connectivity index (χ1v) is 16.4. The van der Waals surface area contributed by atoms with Crippen LogP contribution in [0.4, 0.5) is 0 Å². The molecule has 0 bridgehead atoms. The van der Waals surface area contributed by atoms with Gasteiger partial charge in [0.25, 0.3) is 0 Å². The summed E-state index contributed by atoms with van der Waals surface area (Å²) in [5, 5.41) is 21.5. The van der Waals surface area contributed by atoms with Gasteiger partial charge in [-0.05, 0) is 92.2 Å². The van der Waals surface area contributed by atoms with E-state index in [4.69, 9.17) is 9.16 Å². The predicted molar refractivity (Wildman–Crippen MR) is 137 cm³/mol. The van der Waals surface area contributed by atoms with Crippen LogP contribution in [0.5, 0.6) is 0 Å². The van der Waals surface area contributed by atoms with Crippen molar-refractivity contribution < 1.29 is 19.4 Å². The predicted octanol–water partition coefficient (Wildman–Crippen LogP) is 5.93. The summed E-state index contributed by atoms with van der Waals surface area (Å²) in [5.74, 6) is 2.07. The minimum absolute atomic E-state index is 0.0304. The molecule has 190 valence electrons. The number of hydrogen-bond donors (Lipinski definition) is 2. The molecule has 0 spiro atoms. The Hall–Kier alpha value is -0.203. The second kappa shape index (κ2) is 8.72. The summed E-state index contributed by atoms with van der Waals surface area (Å²) in [7, 11) is -0.100. The number of rotatable bonds is 7. The van der Waals surface area contributed by atoms with Gasteiger partial charge in [-0.25, -0.2) is 0 Å². The first-order chi connectivity index (χ1) is 15.3. The summed E-state index contributed by atoms with van der Waals surface area (Å²) in [6, 6.07) is 0. The molecule has 4 nitrogen and oxygen atoms in total. The average Bonchev–Trinajstić information content (AvgIpc) is 3.24. The van der Waals surface area contributed by atoms with Gasteiger partial charge in [0.2, 0.25) is 0 Å². The lowest BCUT2D eigenvalue weighted by Gasteiger charge is -2.44. The van der Waals surface area contributed by atoms with E-state index in [1.807, 2.05) is 7.11 Å². The van der Waals surface area contributed by atoms with Crippen LogP contribution in [-0.4, -0.2) is 50.6 Å². The molecule has 33 heavy (non-hydrogen) atoms. The Kier molecular flexibility index (Phi) is 6.84. The number of ether oxygens (including phenoxy) is 1. The van der Waals surface area contributed by atoms with Gasteiger partial charge < -0.3 is 19.4 Å². The van der Waals surface area contributed by atoms with E-state index >= 15 is 0 Å². The van der Waals surface area contributed by atoms with Crippen molar-refractivity contribution >= 4 is 8.32 Å². The van der Waals surface area contributed by atoms with Crippen molar-refractivity contribution in [2.45, 2.75) is 116 Å². The summed E-state index contributed by atoms with van der Waals surface area (Å²) >= 11 is 0. The third-order valence-corrected chi connectivity index (χ3v) is 15.5. The van der Waals surface area contributed by atoms with Crippen LogP contribution in [-0.2, 0) is 9.16 Å². The highest BCUT2D eigenvalue weighted by Crippen LogP contribution is 2.68. The van der Waals surface area contributed by atoms with Crippen molar-refractivity contribution in [3.05, 3.63) is 11.6 Å². The molecule has 2 N–H and O–H groups in total. The third kappa shape index (κ3) is 4.12. The van der Waals surface area contributed by atoms with Crippen molar-refractivity contribution in [3.8, 4) is 0 Å². The van der Waals surface area contributed by atoms with Crippen LogP contribution in [0.2, 0.25) is 18.1 Å². The van der Waals surface area contributed by atoms with E-state index < -0.39 is 14.4 Å². The van der Waals surface area contributed by atoms with Crippen LogP contribution in [0.25, 0.3) is 0 Å². The minimum Gasteiger partial charge on any atom is -0.411 e. The fourth-order valence-electron chi connectivity index (χ4n) is 7.95. The van der Waals surface area contributed by atoms with Gasteiger partial charge in [-0.3, -0.25) is 0 Å². The highest BCUT2D eigenvalue weighted by atomic mass is 28.4. The Morgan fingerprint density at radius 3 is 2.55 bits per heavy atom. The molecule has 0 amide bonds. The highest BCUT2D eigenvalue weighted by molar-refractivity contribution is 6.74. The fraction of sp³-hybridized carbons (Fsp3) is 0.929. The molecule has 4 rings (SSSR count). The van der Waals surface area contributed by atoms with E-state index in [9.17, 15) is 10.2 Å². The molecule has 1 unspecified atom stereocenters. The Labute approximate surface area is 203 Å². The molecule has 0 saturated heterocycles. The molecule has 4 aliphatic carbocycles. The van der Waals surface area contributed by atoms with Crippen LogP contribution < -0.4 is 0 Å². The van der Waals surface area contributed by atoms with E-state index in [-0.39, 0.29) is 28.1 Å². The molecule has 0 aromatic carbocycles. The van der Waals surface area contributed by atoms with Crippen LogP contribution >= 0.6 is 0 Å². The summed E-state index contributed by atoms with van der Waals surface area (Å²) in [4.78, 5) is 0. The maximum absolute atomic E-state index is 11.6. The number of methoxy groups -OCH3 is 1. The van der Waals surface area contributed by atoms with Gasteiger partial charge in [-0.1, -0.05) is 46.3 Å². The zero-order valence-corrected chi connectivity index (χ0v) is 23.5. The van der Waals surface area contributed by atoms with Gasteiger partial charge in [0.1, 0.15) is 0 Å². The molecule has 4 aliphatic rings. The number of aliphatic hydroxyl groups is 2. The van der Waals surface area contributed by atoms with Crippen LogP contribution in [0.15, 0.2) is 11.6 Å². The Morgan fingerprint density at radius 1 is 1.24 bits per heavy atom. The molecule has 5 heteroatoms. The lowest BCUT2D eigenvalue weighted by atomic mass is 9.61. The summed E-state index contributed by atoms with van der Waals surface area (Å²) in [5.41, 5.74) is 1.68.